The summed E-state index contributed by atoms with van der Waals surface area (Å²) in [5.41, 5.74) is 0. The molecule has 0 atom stereocenters. The highest BCUT2D eigenvalue weighted by Crippen LogP contribution is 2.28. The van der Waals surface area contributed by atoms with Crippen LogP contribution in [0.15, 0.2) is 4.99 Å². The maximum Gasteiger partial charge on any atom is 0.239 e. The van der Waals surface area contributed by atoms with Crippen molar-refractivity contribution in [1.82, 2.24) is 15.5 Å². The highest BCUT2D eigenvalue weighted by Gasteiger charge is 2.21. The molecule has 7 nitrogen and oxygen atoms in total. The first kappa shape index (κ1) is 21.4. The topological polar surface area (TPSA) is 75.2 Å². The average molecular weight is 428 g/mol. The lowest BCUT2D eigenvalue weighted by atomic mass is 10.5. The van der Waals surface area contributed by atoms with E-state index in [2.05, 4.69) is 15.6 Å². The summed E-state index contributed by atoms with van der Waals surface area (Å²) >= 11 is 0. The lowest BCUT2D eigenvalue weighted by Crippen LogP contribution is -2.45. The van der Waals surface area contributed by atoms with Crippen molar-refractivity contribution in [3.8, 4) is 0 Å². The van der Waals surface area contributed by atoms with Crippen molar-refractivity contribution in [2.75, 3.05) is 60.7 Å². The summed E-state index contributed by atoms with van der Waals surface area (Å²) in [6.45, 7) is 3.51. The lowest BCUT2D eigenvalue weighted by molar-refractivity contribution is -0.120. The zero-order chi connectivity index (χ0) is 15.5. The van der Waals surface area contributed by atoms with Gasteiger partial charge in [0, 0.05) is 40.9 Å². The molecule has 2 N–H and O–H groups in total. The van der Waals surface area contributed by atoms with Crippen molar-refractivity contribution < 1.29 is 14.3 Å². The molecule has 1 amide bonds. The van der Waals surface area contributed by atoms with Gasteiger partial charge in [0.15, 0.2) is 5.96 Å². The fourth-order valence-corrected chi connectivity index (χ4v) is 1.74. The fourth-order valence-electron chi connectivity index (χ4n) is 1.74. The van der Waals surface area contributed by atoms with Crippen LogP contribution in [0.25, 0.3) is 0 Å². The largest absolute Gasteiger partial charge is 0.383 e. The van der Waals surface area contributed by atoms with E-state index in [4.69, 9.17) is 9.47 Å². The Morgan fingerprint density at radius 2 is 2.05 bits per heavy atom. The predicted octanol–water partition coefficient (Wildman–Crippen LogP) is 0.301. The number of nitrogens with zero attached hydrogens (tertiary/aromatic N) is 2. The van der Waals surface area contributed by atoms with Crippen LogP contribution in [0.3, 0.4) is 0 Å². The molecule has 0 unspecified atom stereocenters. The van der Waals surface area contributed by atoms with E-state index in [0.29, 0.717) is 25.7 Å². The van der Waals surface area contributed by atoms with Crippen molar-refractivity contribution in [2.45, 2.75) is 12.8 Å². The maximum atomic E-state index is 11.6. The molecule has 0 bridgehead atoms. The van der Waals surface area contributed by atoms with Gasteiger partial charge in [0.05, 0.1) is 19.8 Å². The van der Waals surface area contributed by atoms with Gasteiger partial charge in [-0.1, -0.05) is 0 Å². The van der Waals surface area contributed by atoms with Crippen LogP contribution in [0.4, 0.5) is 0 Å². The molecule has 0 aromatic rings. The number of ether oxygens (including phenoxy) is 2. The molecule has 1 fully saturated rings. The minimum absolute atomic E-state index is 0. The third-order valence-electron chi connectivity index (χ3n) is 3.23. The van der Waals surface area contributed by atoms with E-state index < -0.39 is 0 Å². The van der Waals surface area contributed by atoms with Crippen molar-refractivity contribution >= 4 is 35.8 Å². The number of rotatable bonds is 10. The van der Waals surface area contributed by atoms with Crippen LogP contribution in [0.2, 0.25) is 0 Å². The highest BCUT2D eigenvalue weighted by molar-refractivity contribution is 14.0. The highest BCUT2D eigenvalue weighted by atomic mass is 127. The zero-order valence-electron chi connectivity index (χ0n) is 13.8. The van der Waals surface area contributed by atoms with Gasteiger partial charge >= 0.3 is 0 Å². The molecule has 1 rings (SSSR count). The molecule has 130 valence electrons. The standard InChI is InChI=1S/C14H28N4O3.HI/c1-15-14(17-10-13(19)16-6-8-20-3)18(2)7-9-21-11-12-4-5-12;/h12H,4-11H2,1-3H3,(H,15,17)(H,16,19);1H. The normalized spacial score (nSPS) is 14.2. The van der Waals surface area contributed by atoms with Gasteiger partial charge in [0.1, 0.15) is 0 Å². The molecule has 0 radical (unpaired) electrons. The van der Waals surface area contributed by atoms with Gasteiger partial charge in [-0.3, -0.25) is 9.79 Å². The van der Waals surface area contributed by atoms with E-state index in [1.54, 1.807) is 14.2 Å². The summed E-state index contributed by atoms with van der Waals surface area (Å²) in [5, 5.41) is 5.77. The molecular formula is C14H29IN4O3. The Morgan fingerprint density at radius 1 is 1.32 bits per heavy atom. The van der Waals surface area contributed by atoms with Crippen molar-refractivity contribution in [3.05, 3.63) is 0 Å². The Labute approximate surface area is 150 Å². The molecule has 0 spiro atoms. The first-order valence-electron chi connectivity index (χ1n) is 7.42. The summed E-state index contributed by atoms with van der Waals surface area (Å²) in [4.78, 5) is 17.7. The van der Waals surface area contributed by atoms with Crippen LogP contribution in [0.5, 0.6) is 0 Å². The van der Waals surface area contributed by atoms with Crippen LogP contribution in [0, 0.1) is 5.92 Å². The third kappa shape index (κ3) is 10.2. The number of guanidine groups is 1. The molecule has 22 heavy (non-hydrogen) atoms. The number of halogens is 1. The SMILES string of the molecule is CN=C(NCC(=O)NCCOC)N(C)CCOCC1CC1.I. The predicted molar refractivity (Wildman–Crippen MR) is 97.8 cm³/mol. The second-order valence-electron chi connectivity index (χ2n) is 5.18. The minimum atomic E-state index is -0.0772. The molecule has 1 aliphatic carbocycles. The van der Waals surface area contributed by atoms with Crippen LogP contribution in [0.1, 0.15) is 12.8 Å². The first-order chi connectivity index (χ1) is 10.2. The number of likely N-dealkylation sites (N-methyl/N-ethyl adjacent to an activating group) is 1. The summed E-state index contributed by atoms with van der Waals surface area (Å²) in [7, 11) is 5.23. The second-order valence-corrected chi connectivity index (χ2v) is 5.18. The van der Waals surface area contributed by atoms with Gasteiger partial charge in [0.25, 0.3) is 0 Å². The summed E-state index contributed by atoms with van der Waals surface area (Å²) < 4.78 is 10.5. The van der Waals surface area contributed by atoms with Crippen LogP contribution in [-0.2, 0) is 14.3 Å². The number of hydrogen-bond donors (Lipinski definition) is 2. The van der Waals surface area contributed by atoms with Crippen LogP contribution >= 0.6 is 24.0 Å². The van der Waals surface area contributed by atoms with E-state index in [9.17, 15) is 4.79 Å². The van der Waals surface area contributed by atoms with Gasteiger partial charge in [-0.2, -0.15) is 0 Å². The lowest BCUT2D eigenvalue weighted by Gasteiger charge is -2.21. The van der Waals surface area contributed by atoms with Gasteiger partial charge in [-0.15, -0.1) is 24.0 Å². The summed E-state index contributed by atoms with van der Waals surface area (Å²) in [6, 6.07) is 0. The minimum Gasteiger partial charge on any atom is -0.383 e. The fraction of sp³-hybridized carbons (Fsp3) is 0.857. The second kappa shape index (κ2) is 12.9. The van der Waals surface area contributed by atoms with Crippen LogP contribution < -0.4 is 10.6 Å². The Balaban J connectivity index is 0.00000441. The Kier molecular flexibility index (Phi) is 12.5. The van der Waals surface area contributed by atoms with Crippen LogP contribution in [-0.4, -0.2) is 77.4 Å². The number of nitrogens with one attached hydrogen (secondary N) is 2. The molecular weight excluding hydrogens is 399 g/mol. The molecule has 0 aliphatic heterocycles. The van der Waals surface area contributed by atoms with Gasteiger partial charge in [0.2, 0.25) is 5.91 Å². The van der Waals surface area contributed by atoms with E-state index >= 15 is 0 Å². The quantitative estimate of drug-likeness (QED) is 0.227. The smallest absolute Gasteiger partial charge is 0.239 e. The first-order valence-corrected chi connectivity index (χ1v) is 7.42. The summed E-state index contributed by atoms with van der Waals surface area (Å²) in [6.07, 6.45) is 2.61. The molecule has 8 heteroatoms. The van der Waals surface area contributed by atoms with Crippen molar-refractivity contribution in [1.29, 1.82) is 0 Å². The molecule has 0 saturated heterocycles. The Morgan fingerprint density at radius 3 is 2.64 bits per heavy atom. The van der Waals surface area contributed by atoms with Gasteiger partial charge < -0.3 is 25.0 Å². The average Bonchev–Trinajstić information content (AvgIpc) is 3.28. The molecule has 0 aromatic heterocycles. The van der Waals surface area contributed by atoms with Gasteiger partial charge in [-0.25, -0.2) is 0 Å². The van der Waals surface area contributed by atoms with Gasteiger partial charge in [-0.05, 0) is 18.8 Å². The monoisotopic (exact) mass is 428 g/mol. The number of carbonyl (C=O) groups is 1. The Hall–Kier alpha value is -0.610. The van der Waals surface area contributed by atoms with E-state index in [1.165, 1.54) is 12.8 Å². The molecule has 1 aliphatic rings. The third-order valence-corrected chi connectivity index (χ3v) is 3.23. The molecule has 0 aromatic carbocycles. The number of amides is 1. The van der Waals surface area contributed by atoms with E-state index in [1.807, 2.05) is 11.9 Å². The zero-order valence-corrected chi connectivity index (χ0v) is 16.1. The van der Waals surface area contributed by atoms with Crippen molar-refractivity contribution in [3.63, 3.8) is 0 Å². The Bertz CT molecular complexity index is 338. The summed E-state index contributed by atoms with van der Waals surface area (Å²) in [5.74, 6) is 1.39. The number of carbonyl (C=O) groups excluding carboxylic acids is 1. The number of aliphatic imine (C=N–C) groups is 1. The maximum absolute atomic E-state index is 11.6. The van der Waals surface area contributed by atoms with E-state index in [0.717, 1.165) is 19.1 Å². The van der Waals surface area contributed by atoms with Crippen molar-refractivity contribution in [2.24, 2.45) is 10.9 Å². The van der Waals surface area contributed by atoms with E-state index in [-0.39, 0.29) is 36.4 Å². The number of methoxy groups -OCH3 is 1. The number of hydrogen-bond acceptors (Lipinski definition) is 4. The molecule has 0 heterocycles. The molecule has 1 saturated carbocycles.